The Morgan fingerprint density at radius 3 is 2.21 bits per heavy atom. The van der Waals surface area contributed by atoms with Crippen LogP contribution in [0.3, 0.4) is 0 Å². The molecule has 155 valence electrons. The van der Waals surface area contributed by atoms with Crippen LogP contribution in [0.25, 0.3) is 10.4 Å². The van der Waals surface area contributed by atoms with Crippen molar-refractivity contribution in [1.82, 2.24) is 0 Å². The largest absolute Gasteiger partial charge is 0.755 e. The van der Waals surface area contributed by atoms with E-state index in [1.54, 1.807) is 6.07 Å². The lowest BCUT2D eigenvalue weighted by Gasteiger charge is -2.21. The monoisotopic (exact) mass is 542 g/mol. The van der Waals surface area contributed by atoms with E-state index in [4.69, 9.17) is 0 Å². The highest BCUT2D eigenvalue weighted by molar-refractivity contribution is 7.15. The standard InChI is InChI=1S/C20H13F6IOS/c1-2-3-12-4-5-17(29-12)10-6-13(21)18(14(22)7-10)20(25,26)28-11-8-15(23)19(24)16(27)9-11/h4-9H,2-3H2,1H3/q-1. The van der Waals surface area contributed by atoms with Crippen molar-refractivity contribution in [2.75, 3.05) is 0 Å². The van der Waals surface area contributed by atoms with Crippen LogP contribution in [0.15, 0.2) is 36.4 Å². The van der Waals surface area contributed by atoms with Gasteiger partial charge in [0.05, 0.1) is 0 Å². The summed E-state index contributed by atoms with van der Waals surface area (Å²) in [6.07, 6.45) is -2.75. The number of benzene rings is 2. The molecule has 0 saturated carbocycles. The first-order valence-corrected chi connectivity index (χ1v) is 10.3. The molecule has 0 aliphatic carbocycles. The van der Waals surface area contributed by atoms with Gasteiger partial charge in [-0.05, 0) is 42.3 Å². The summed E-state index contributed by atoms with van der Waals surface area (Å²) in [5.74, 6) is -6.43. The number of hydrogen-bond donors (Lipinski definition) is 0. The molecule has 0 aliphatic heterocycles. The highest BCUT2D eigenvalue weighted by Gasteiger charge is 2.41. The highest BCUT2D eigenvalue weighted by atomic mass is 127. The predicted molar refractivity (Wildman–Crippen MR) is 93.2 cm³/mol. The fraction of sp³-hybridized carbons (Fsp3) is 0.200. The molecule has 3 rings (SSSR count). The van der Waals surface area contributed by atoms with Crippen LogP contribution in [0.2, 0.25) is 0 Å². The maximum Gasteiger partial charge on any atom is 0.432 e. The molecular weight excluding hydrogens is 529 g/mol. The smallest absolute Gasteiger partial charge is 0.432 e. The number of hydrogen-bond acceptors (Lipinski definition) is 2. The summed E-state index contributed by atoms with van der Waals surface area (Å²) in [6.45, 7) is 1.99. The molecule has 0 atom stereocenters. The SMILES string of the molecule is CCCc1ccc(-c2cc(F)c(C(F)(F)Oc3cc(F)c(F)c([I-])c3)c(F)c2)s1. The quantitative estimate of drug-likeness (QED) is 0.262. The summed E-state index contributed by atoms with van der Waals surface area (Å²) in [6, 6.07) is 6.27. The Morgan fingerprint density at radius 1 is 0.966 bits per heavy atom. The Morgan fingerprint density at radius 2 is 1.62 bits per heavy atom. The molecule has 1 radical (unpaired) electrons. The van der Waals surface area contributed by atoms with Crippen molar-refractivity contribution in [3.8, 4) is 16.2 Å². The molecule has 3 aromatic rings. The number of halogens is 7. The van der Waals surface area contributed by atoms with Crippen molar-refractivity contribution in [2.45, 2.75) is 25.9 Å². The van der Waals surface area contributed by atoms with E-state index in [0.717, 1.165) is 35.9 Å². The van der Waals surface area contributed by atoms with Crippen molar-refractivity contribution in [3.63, 3.8) is 0 Å². The second-order valence-corrected chi connectivity index (χ2v) is 8.48. The van der Waals surface area contributed by atoms with E-state index < -0.39 is 40.7 Å². The fourth-order valence-corrected chi connectivity index (χ4v) is 4.36. The van der Waals surface area contributed by atoms with Gasteiger partial charge in [-0.2, -0.15) is 8.78 Å². The maximum atomic E-state index is 14.4. The summed E-state index contributed by atoms with van der Waals surface area (Å²) in [4.78, 5) is 1.55. The van der Waals surface area contributed by atoms with Crippen LogP contribution >= 0.6 is 11.3 Å². The lowest BCUT2D eigenvalue weighted by atomic mass is 10.1. The summed E-state index contributed by atoms with van der Waals surface area (Å²) in [7, 11) is 0. The molecule has 0 spiro atoms. The van der Waals surface area contributed by atoms with E-state index in [-0.39, 0.29) is 9.13 Å². The van der Waals surface area contributed by atoms with Crippen LogP contribution in [0.4, 0.5) is 26.3 Å². The van der Waals surface area contributed by atoms with E-state index in [1.165, 1.54) is 33.9 Å². The van der Waals surface area contributed by atoms with E-state index in [0.29, 0.717) is 10.9 Å². The van der Waals surface area contributed by atoms with Crippen molar-refractivity contribution in [2.24, 2.45) is 0 Å². The van der Waals surface area contributed by atoms with Crippen LogP contribution in [0, 0.1) is 26.8 Å². The van der Waals surface area contributed by atoms with Gasteiger partial charge in [-0.25, -0.2) is 17.6 Å². The van der Waals surface area contributed by atoms with Gasteiger partial charge >= 0.3 is 6.11 Å². The molecule has 2 aromatic carbocycles. The molecule has 0 saturated heterocycles. The van der Waals surface area contributed by atoms with Crippen LogP contribution < -0.4 is 27.3 Å². The van der Waals surface area contributed by atoms with Crippen LogP contribution in [0.1, 0.15) is 23.8 Å². The highest BCUT2D eigenvalue weighted by Crippen LogP contribution is 2.38. The second-order valence-electron chi connectivity index (χ2n) is 6.15. The third kappa shape index (κ3) is 4.71. The number of thiophene rings is 1. The first kappa shape index (κ1) is 21.9. The van der Waals surface area contributed by atoms with Gasteiger partial charge in [0.2, 0.25) is 0 Å². The van der Waals surface area contributed by atoms with Gasteiger partial charge in [0.15, 0.2) is 5.82 Å². The average molecular weight is 542 g/mol. The average Bonchev–Trinajstić information content (AvgIpc) is 3.07. The normalized spacial score (nSPS) is 11.7. The molecule has 1 aromatic heterocycles. The molecule has 0 fully saturated rings. The van der Waals surface area contributed by atoms with Crippen LogP contribution in [-0.4, -0.2) is 0 Å². The van der Waals surface area contributed by atoms with E-state index >= 15 is 0 Å². The lowest BCUT2D eigenvalue weighted by molar-refractivity contribution is -0.334. The Kier molecular flexibility index (Phi) is 6.47. The van der Waals surface area contributed by atoms with Gasteiger partial charge in [0.1, 0.15) is 28.8 Å². The fourth-order valence-electron chi connectivity index (χ4n) is 2.70. The van der Waals surface area contributed by atoms with E-state index in [1.807, 2.05) is 13.0 Å². The molecular formula is C20H13F6IOS-. The van der Waals surface area contributed by atoms with Gasteiger partial charge < -0.3 is 27.3 Å². The Labute approximate surface area is 180 Å². The topological polar surface area (TPSA) is 9.23 Å². The number of ether oxygens (including phenoxy) is 1. The summed E-state index contributed by atoms with van der Waals surface area (Å²) >= 11 is 2.71. The number of alkyl halides is 2. The van der Waals surface area contributed by atoms with Gasteiger partial charge in [-0.15, -0.1) is 14.9 Å². The van der Waals surface area contributed by atoms with E-state index in [2.05, 4.69) is 4.74 Å². The zero-order valence-electron chi connectivity index (χ0n) is 14.8. The Hall–Kier alpha value is -1.75. The predicted octanol–water partition coefficient (Wildman–Crippen LogP) is 3.78. The third-order valence-corrected chi connectivity index (χ3v) is 5.96. The van der Waals surface area contributed by atoms with Gasteiger partial charge in [-0.3, -0.25) is 0 Å². The molecule has 29 heavy (non-hydrogen) atoms. The Balaban J connectivity index is 1.95. The molecule has 0 amide bonds. The minimum absolute atomic E-state index is 0.120. The third-order valence-electron chi connectivity index (χ3n) is 3.98. The molecule has 9 heteroatoms. The van der Waals surface area contributed by atoms with Gasteiger partial charge in [-0.1, -0.05) is 13.3 Å². The maximum absolute atomic E-state index is 14.4. The van der Waals surface area contributed by atoms with Crippen LogP contribution in [0.5, 0.6) is 5.75 Å². The lowest BCUT2D eigenvalue weighted by Crippen LogP contribution is -3.34. The van der Waals surface area contributed by atoms with Gasteiger partial charge in [0.25, 0.3) is 0 Å². The first-order valence-electron chi connectivity index (χ1n) is 8.42. The van der Waals surface area contributed by atoms with E-state index in [9.17, 15) is 26.3 Å². The molecule has 0 N–H and O–H groups in total. The summed E-state index contributed by atoms with van der Waals surface area (Å²) < 4.78 is 88.5. The van der Waals surface area contributed by atoms with Gasteiger partial charge in [0, 0.05) is 15.8 Å². The van der Waals surface area contributed by atoms with Crippen molar-refractivity contribution in [3.05, 3.63) is 73.7 Å². The zero-order valence-corrected chi connectivity index (χ0v) is 17.8. The molecule has 1 nitrogen and oxygen atoms in total. The zero-order chi connectivity index (χ0) is 21.3. The van der Waals surface area contributed by atoms with Crippen molar-refractivity contribution in [1.29, 1.82) is 0 Å². The molecule has 0 aliphatic rings. The Bertz CT molecular complexity index is 1000. The van der Waals surface area contributed by atoms with Crippen molar-refractivity contribution < 1.29 is 53.7 Å². The minimum Gasteiger partial charge on any atom is -0.755 e. The number of rotatable bonds is 6. The van der Waals surface area contributed by atoms with Crippen molar-refractivity contribution >= 4 is 11.3 Å². The summed E-state index contributed by atoms with van der Waals surface area (Å²) in [5.41, 5.74) is -1.49. The second kappa shape index (κ2) is 8.55. The molecule has 0 bridgehead atoms. The van der Waals surface area contributed by atoms with Crippen LogP contribution in [-0.2, 0) is 12.5 Å². The molecule has 0 unspecified atom stereocenters. The molecule has 1 heterocycles. The minimum atomic E-state index is -4.44. The number of aryl methyl sites for hydroxylation is 1. The first-order chi connectivity index (χ1) is 13.6. The summed E-state index contributed by atoms with van der Waals surface area (Å²) in [5, 5.41) is 0.